The molecule has 0 spiro atoms. The second-order valence-corrected chi connectivity index (χ2v) is 30.4. The molecular weight excluding hydrogens is 1290 g/mol. The third-order valence-corrected chi connectivity index (χ3v) is 20.0. The van der Waals surface area contributed by atoms with E-state index in [0.29, 0.717) is 25.7 Å². The summed E-state index contributed by atoms with van der Waals surface area (Å²) in [5.74, 6) is -3.52. The van der Waals surface area contributed by atoms with Crippen LogP contribution in [0.5, 0.6) is 0 Å². The maximum Gasteiger partial charge on any atom is 1.00 e. The van der Waals surface area contributed by atoms with Gasteiger partial charge >= 0.3 is 53.4 Å². The maximum absolute atomic E-state index is 10.3. The molecule has 0 aromatic heterocycles. The molecule has 12 heteroatoms. The predicted molar refractivity (Wildman–Crippen MR) is 445 cm³/mol. The molecule has 0 rings (SSSR count). The fraction of sp³-hybridized carbons (Fsp3) is 0.944. The Hall–Kier alpha value is -1.43. The van der Waals surface area contributed by atoms with Gasteiger partial charge in [0.2, 0.25) is 0 Å². The van der Waals surface area contributed by atoms with E-state index in [4.69, 9.17) is 20.4 Å². The van der Waals surface area contributed by atoms with Gasteiger partial charge in [0.1, 0.15) is 0 Å². The molecule has 0 atom stereocenters. The first-order valence-corrected chi connectivity index (χ1v) is 44.9. The number of rotatable bonds is 80. The summed E-state index contributed by atoms with van der Waals surface area (Å²) in [7, 11) is 0. The van der Waals surface area contributed by atoms with Gasteiger partial charge in [-0.1, -0.05) is 484 Å². The maximum atomic E-state index is 10.3. The number of carboxylic acid groups (broad SMARTS) is 5. The van der Waals surface area contributed by atoms with Gasteiger partial charge in [-0.05, 0) is 49.5 Å². The fourth-order valence-corrected chi connectivity index (χ4v) is 13.2. The zero-order valence-corrected chi connectivity index (χ0v) is 71.3. The van der Waals surface area contributed by atoms with E-state index in [-0.39, 0.29) is 46.9 Å². The Morgan fingerprint density at radius 2 is 0.245 bits per heavy atom. The van der Waals surface area contributed by atoms with Crippen LogP contribution in [0.1, 0.15) is 548 Å². The first-order valence-electron chi connectivity index (χ1n) is 44.9. The van der Waals surface area contributed by atoms with E-state index in [0.717, 1.165) is 64.2 Å². The van der Waals surface area contributed by atoms with Gasteiger partial charge in [0.25, 0.3) is 0 Å². The molecule has 0 bridgehead atoms. The second-order valence-electron chi connectivity index (χ2n) is 30.4. The van der Waals surface area contributed by atoms with Gasteiger partial charge in [-0.15, -0.1) is 0 Å². The van der Waals surface area contributed by atoms with E-state index >= 15 is 0 Å². The Morgan fingerprint density at radius 3 is 0.324 bits per heavy atom. The van der Waals surface area contributed by atoms with Crippen molar-refractivity contribution in [1.82, 2.24) is 0 Å². The molecular formula is C90H183NaO10Si. The molecule has 0 saturated heterocycles. The molecule has 0 amide bonds. The van der Waals surface area contributed by atoms with Gasteiger partial charge in [-0.25, -0.2) is 0 Å². The third-order valence-electron chi connectivity index (χ3n) is 20.0. The molecule has 0 heterocycles. The summed E-state index contributed by atoms with van der Waals surface area (Å²) in [5, 5.41) is 44.3. The largest absolute Gasteiger partial charge is 1.00 e. The number of hydrogen-bond donors (Lipinski definition) is 4. The zero-order valence-electron chi connectivity index (χ0n) is 69.3. The van der Waals surface area contributed by atoms with Crippen molar-refractivity contribution in [2.24, 2.45) is 0 Å². The Balaban J connectivity index is -0.000000220. The predicted octanol–water partition coefficient (Wildman–Crippen LogP) is 25.9. The smallest absolute Gasteiger partial charge is 0.550 e. The summed E-state index contributed by atoms with van der Waals surface area (Å²) >= 11 is 0. The topological polar surface area (TPSA) is 189 Å². The molecule has 0 aliphatic heterocycles. The fourth-order valence-electron chi connectivity index (χ4n) is 13.2. The zero-order chi connectivity index (χ0) is 74.5. The van der Waals surface area contributed by atoms with Crippen LogP contribution >= 0.6 is 0 Å². The monoisotopic (exact) mass is 1480 g/mol. The minimum Gasteiger partial charge on any atom is -0.550 e. The summed E-state index contributed by atoms with van der Waals surface area (Å²) in [6, 6.07) is 0. The average Bonchev–Trinajstić information content (AvgIpc) is 3.77. The second kappa shape index (κ2) is 110. The normalized spacial score (nSPS) is 10.6. The molecule has 0 unspecified atom stereocenters. The van der Waals surface area contributed by atoms with Gasteiger partial charge < -0.3 is 30.3 Å². The van der Waals surface area contributed by atoms with Gasteiger partial charge in [-0.3, -0.25) is 19.2 Å². The number of carboxylic acids is 5. The van der Waals surface area contributed by atoms with Crippen LogP contribution in [0.4, 0.5) is 0 Å². The number of hydrogen-bond acceptors (Lipinski definition) is 6. The van der Waals surface area contributed by atoms with Crippen LogP contribution in [0.15, 0.2) is 0 Å². The van der Waals surface area contributed by atoms with Crippen molar-refractivity contribution in [3.05, 3.63) is 0 Å². The Kier molecular flexibility index (Phi) is 123. The van der Waals surface area contributed by atoms with Crippen molar-refractivity contribution in [3.8, 4) is 0 Å². The van der Waals surface area contributed by atoms with E-state index in [1.807, 2.05) is 0 Å². The summed E-state index contributed by atoms with van der Waals surface area (Å²) in [6.45, 7) is 11.3. The first kappa shape index (κ1) is 114. The summed E-state index contributed by atoms with van der Waals surface area (Å²) in [6.07, 6.45) is 101. The minimum atomic E-state index is -0.903. The van der Waals surface area contributed by atoms with Crippen molar-refractivity contribution >= 4 is 40.8 Å². The van der Waals surface area contributed by atoms with Crippen LogP contribution in [0, 0.1) is 0 Å². The van der Waals surface area contributed by atoms with E-state index < -0.39 is 29.8 Å². The van der Waals surface area contributed by atoms with Gasteiger partial charge in [0, 0.05) is 31.7 Å². The van der Waals surface area contributed by atoms with Gasteiger partial charge in [-0.2, -0.15) is 0 Å². The molecule has 10 nitrogen and oxygen atoms in total. The number of carbonyl (C=O) groups excluding carboxylic acids is 1. The third kappa shape index (κ3) is 134. The van der Waals surface area contributed by atoms with Crippen LogP contribution in [0.25, 0.3) is 0 Å². The molecule has 0 fully saturated rings. The summed E-state index contributed by atoms with van der Waals surface area (Å²) < 4.78 is 0. The SMILES string of the molecule is CCCCCCCCCCCCCCCCCC(=O)O.CCCCCCCCCCCCCCCCCC(=O)O.CCCCCCCCCCCCCCCCCC(=O)O.CCCCCCCCCCCCCCCCCC(=O)O.CCCCCCCCCCCCCCCCCC(=O)[O-].[Na+].[SiH4]. The van der Waals surface area contributed by atoms with Gasteiger partial charge in [0.15, 0.2) is 0 Å². The quantitative estimate of drug-likeness (QED) is 0.0337. The van der Waals surface area contributed by atoms with Crippen molar-refractivity contribution in [2.75, 3.05) is 0 Å². The molecule has 0 radical (unpaired) electrons. The van der Waals surface area contributed by atoms with E-state index in [2.05, 4.69) is 34.6 Å². The Morgan fingerprint density at radius 1 is 0.167 bits per heavy atom. The van der Waals surface area contributed by atoms with Crippen molar-refractivity contribution < 1.29 is 79.1 Å². The molecule has 0 aliphatic carbocycles. The Labute approximate surface area is 663 Å². The number of unbranched alkanes of at least 4 members (excludes halogenated alkanes) is 70. The van der Waals surface area contributed by atoms with E-state index in [1.165, 1.54) is 417 Å². The van der Waals surface area contributed by atoms with Crippen LogP contribution in [-0.2, 0) is 24.0 Å². The van der Waals surface area contributed by atoms with Crippen LogP contribution in [0.2, 0.25) is 0 Å². The van der Waals surface area contributed by atoms with E-state index in [1.54, 1.807) is 0 Å². The van der Waals surface area contributed by atoms with Crippen molar-refractivity contribution in [2.45, 2.75) is 548 Å². The molecule has 0 aromatic carbocycles. The standard InChI is InChI=1S/5C18H36O2.Na.H4Si/c5*1-2-3-4-5-6-7-8-9-10-11-12-13-14-15-16-17-18(19)20;;/h5*2-17H2,1H3,(H,19,20);;1H4/q;;;;;+1;/p-1. The molecule has 0 aromatic rings. The minimum absolute atomic E-state index is 0. The summed E-state index contributed by atoms with van der Waals surface area (Å²) in [4.78, 5) is 51.6. The van der Waals surface area contributed by atoms with Gasteiger partial charge in [0.05, 0.1) is 0 Å². The molecule has 0 saturated carbocycles. The first-order chi connectivity index (χ1) is 48.9. The van der Waals surface area contributed by atoms with E-state index in [9.17, 15) is 29.1 Å². The molecule has 608 valence electrons. The molecule has 4 N–H and O–H groups in total. The molecule has 102 heavy (non-hydrogen) atoms. The number of aliphatic carboxylic acids is 5. The van der Waals surface area contributed by atoms with Crippen LogP contribution < -0.4 is 34.7 Å². The van der Waals surface area contributed by atoms with Crippen LogP contribution in [-0.4, -0.2) is 61.2 Å². The van der Waals surface area contributed by atoms with Crippen molar-refractivity contribution in [3.63, 3.8) is 0 Å². The van der Waals surface area contributed by atoms with Crippen molar-refractivity contribution in [1.29, 1.82) is 0 Å². The number of carbonyl (C=O) groups is 5. The average molecular weight is 1480 g/mol. The summed E-state index contributed by atoms with van der Waals surface area (Å²) in [5.41, 5.74) is 0. The van der Waals surface area contributed by atoms with Crippen LogP contribution in [0.3, 0.4) is 0 Å². The Bertz CT molecular complexity index is 1280. The molecule has 0 aliphatic rings.